The summed E-state index contributed by atoms with van der Waals surface area (Å²) in [6.45, 7) is 2.60. The molecule has 0 bridgehead atoms. The second-order valence-electron chi connectivity index (χ2n) is 8.57. The molecule has 0 aliphatic rings. The van der Waals surface area contributed by atoms with E-state index in [-0.39, 0.29) is 11.2 Å². The Kier molecular flexibility index (Phi) is 5.86. The molecule has 5 rings (SSSR count). The number of benzene rings is 2. The van der Waals surface area contributed by atoms with Crippen LogP contribution in [0.2, 0.25) is 0 Å². The topological polar surface area (TPSA) is 116 Å². The summed E-state index contributed by atoms with van der Waals surface area (Å²) in [5.74, 6) is 1.35. The molecule has 35 heavy (non-hydrogen) atoms. The fourth-order valence-corrected chi connectivity index (χ4v) is 4.37. The number of nitrogens with one attached hydrogen (secondary N) is 1. The molecule has 0 aliphatic heterocycles. The Morgan fingerprint density at radius 1 is 0.943 bits per heavy atom. The lowest BCUT2D eigenvalue weighted by Gasteiger charge is -2.11. The quantitative estimate of drug-likeness (QED) is 0.391. The van der Waals surface area contributed by atoms with Gasteiger partial charge in [0.25, 0.3) is 5.56 Å². The Bertz CT molecular complexity index is 1610. The van der Waals surface area contributed by atoms with E-state index in [0.29, 0.717) is 23.5 Å². The fourth-order valence-electron chi connectivity index (χ4n) is 4.37. The van der Waals surface area contributed by atoms with Crippen molar-refractivity contribution in [2.45, 2.75) is 32.7 Å². The van der Waals surface area contributed by atoms with Crippen LogP contribution in [-0.4, -0.2) is 39.3 Å². The van der Waals surface area contributed by atoms with E-state index in [1.54, 1.807) is 7.05 Å². The first-order valence-corrected chi connectivity index (χ1v) is 11.6. The molecule has 0 amide bonds. The van der Waals surface area contributed by atoms with Crippen LogP contribution in [0.5, 0.6) is 0 Å². The Labute approximate surface area is 200 Å². The SMILES string of the molecule is CCCCc1nc2c(c(=O)n(C)c(=O)n2C)n1Cc1ccc(-c2ccccc2-c2nn[nH]n2)cc1. The van der Waals surface area contributed by atoms with Crippen molar-refractivity contribution in [3.63, 3.8) is 0 Å². The number of aromatic amines is 1. The van der Waals surface area contributed by atoms with Crippen LogP contribution in [0.3, 0.4) is 0 Å². The summed E-state index contributed by atoms with van der Waals surface area (Å²) < 4.78 is 4.54. The maximum Gasteiger partial charge on any atom is 0.332 e. The zero-order valence-corrected chi connectivity index (χ0v) is 19.9. The molecule has 0 atom stereocenters. The molecule has 0 aliphatic carbocycles. The van der Waals surface area contributed by atoms with Gasteiger partial charge in [0, 0.05) is 32.6 Å². The second-order valence-corrected chi connectivity index (χ2v) is 8.57. The molecule has 178 valence electrons. The highest BCUT2D eigenvalue weighted by molar-refractivity contribution is 5.80. The van der Waals surface area contributed by atoms with Gasteiger partial charge in [0.05, 0.1) is 0 Å². The van der Waals surface area contributed by atoms with Gasteiger partial charge >= 0.3 is 5.69 Å². The summed E-state index contributed by atoms with van der Waals surface area (Å²) >= 11 is 0. The highest BCUT2D eigenvalue weighted by atomic mass is 16.2. The van der Waals surface area contributed by atoms with Crippen molar-refractivity contribution < 1.29 is 0 Å². The molecule has 2 aromatic carbocycles. The number of tetrazole rings is 1. The van der Waals surface area contributed by atoms with Gasteiger partial charge in [0.15, 0.2) is 11.2 Å². The summed E-state index contributed by atoms with van der Waals surface area (Å²) in [7, 11) is 3.16. The number of rotatable bonds is 7. The summed E-state index contributed by atoms with van der Waals surface area (Å²) in [6, 6.07) is 16.1. The van der Waals surface area contributed by atoms with Crippen LogP contribution in [0.25, 0.3) is 33.7 Å². The summed E-state index contributed by atoms with van der Waals surface area (Å²) in [5.41, 5.74) is 4.11. The molecule has 5 aromatic rings. The van der Waals surface area contributed by atoms with E-state index in [0.717, 1.165) is 51.9 Å². The lowest BCUT2D eigenvalue weighted by atomic mass is 9.98. The van der Waals surface area contributed by atoms with Gasteiger partial charge in [-0.3, -0.25) is 13.9 Å². The first-order chi connectivity index (χ1) is 17.0. The van der Waals surface area contributed by atoms with Gasteiger partial charge in [-0.25, -0.2) is 9.78 Å². The van der Waals surface area contributed by atoms with Crippen molar-refractivity contribution in [2.75, 3.05) is 0 Å². The number of fused-ring (bicyclic) bond motifs is 1. The molecular formula is C25H26N8O2. The van der Waals surface area contributed by atoms with Gasteiger partial charge in [0.2, 0.25) is 5.82 Å². The lowest BCUT2D eigenvalue weighted by molar-refractivity contribution is 0.683. The van der Waals surface area contributed by atoms with E-state index in [9.17, 15) is 9.59 Å². The van der Waals surface area contributed by atoms with Crippen molar-refractivity contribution in [3.05, 3.63) is 80.8 Å². The number of aromatic nitrogens is 8. The molecule has 3 aromatic heterocycles. The number of aryl methyl sites for hydroxylation is 2. The molecule has 0 saturated heterocycles. The van der Waals surface area contributed by atoms with Gasteiger partial charge in [-0.15, -0.1) is 10.2 Å². The number of unbranched alkanes of at least 4 members (excludes halogenated alkanes) is 1. The molecular weight excluding hydrogens is 444 g/mol. The maximum absolute atomic E-state index is 13.1. The minimum atomic E-state index is -0.376. The molecule has 0 unspecified atom stereocenters. The standard InChI is InChI=1S/C25H26N8O2/c1-4-5-10-20-26-23-21(24(34)32(3)25(35)31(23)2)33(20)15-16-11-13-17(14-12-16)18-8-6-7-9-19(18)22-27-29-30-28-22/h6-9,11-14H,4-5,10,15H2,1-3H3,(H,27,28,29,30). The maximum atomic E-state index is 13.1. The highest BCUT2D eigenvalue weighted by Gasteiger charge is 2.19. The third kappa shape index (κ3) is 3.96. The Morgan fingerprint density at radius 3 is 2.37 bits per heavy atom. The molecule has 0 spiro atoms. The van der Waals surface area contributed by atoms with Crippen LogP contribution in [0.15, 0.2) is 58.1 Å². The number of nitrogens with zero attached hydrogens (tertiary/aromatic N) is 7. The smallest absolute Gasteiger partial charge is 0.318 e. The molecule has 0 fully saturated rings. The molecule has 3 heterocycles. The number of H-pyrrole nitrogens is 1. The zero-order chi connectivity index (χ0) is 24.5. The van der Waals surface area contributed by atoms with E-state index >= 15 is 0 Å². The van der Waals surface area contributed by atoms with Crippen molar-refractivity contribution in [1.82, 2.24) is 39.3 Å². The van der Waals surface area contributed by atoms with Crippen LogP contribution in [0, 0.1) is 0 Å². The van der Waals surface area contributed by atoms with Gasteiger partial charge < -0.3 is 4.57 Å². The average molecular weight is 471 g/mol. The monoisotopic (exact) mass is 470 g/mol. The predicted octanol–water partition coefficient (Wildman–Crippen LogP) is 2.67. The minimum absolute atomic E-state index is 0.330. The van der Waals surface area contributed by atoms with Crippen LogP contribution in [0.1, 0.15) is 31.2 Å². The molecule has 10 nitrogen and oxygen atoms in total. The van der Waals surface area contributed by atoms with Gasteiger partial charge in [-0.05, 0) is 28.3 Å². The van der Waals surface area contributed by atoms with Crippen LogP contribution >= 0.6 is 0 Å². The summed E-state index contributed by atoms with van der Waals surface area (Å²) in [6.07, 6.45) is 2.69. The van der Waals surface area contributed by atoms with E-state index in [1.165, 1.54) is 11.6 Å². The third-order valence-corrected chi connectivity index (χ3v) is 6.30. The van der Waals surface area contributed by atoms with Crippen LogP contribution in [0.4, 0.5) is 0 Å². The highest BCUT2D eigenvalue weighted by Crippen LogP contribution is 2.30. The van der Waals surface area contributed by atoms with E-state index in [2.05, 4.69) is 27.5 Å². The average Bonchev–Trinajstić information content (AvgIpc) is 3.54. The minimum Gasteiger partial charge on any atom is -0.318 e. The van der Waals surface area contributed by atoms with Crippen LogP contribution < -0.4 is 11.2 Å². The van der Waals surface area contributed by atoms with E-state index < -0.39 is 0 Å². The van der Waals surface area contributed by atoms with E-state index in [1.807, 2.05) is 53.1 Å². The largest absolute Gasteiger partial charge is 0.332 e. The van der Waals surface area contributed by atoms with Crippen molar-refractivity contribution in [2.24, 2.45) is 14.1 Å². The fraction of sp³-hybridized carbons (Fsp3) is 0.280. The molecule has 10 heteroatoms. The van der Waals surface area contributed by atoms with E-state index in [4.69, 9.17) is 4.98 Å². The Morgan fingerprint density at radius 2 is 1.69 bits per heavy atom. The second kappa shape index (κ2) is 9.13. The van der Waals surface area contributed by atoms with Crippen LogP contribution in [-0.2, 0) is 27.1 Å². The van der Waals surface area contributed by atoms with Gasteiger partial charge in [0.1, 0.15) is 5.82 Å². The predicted molar refractivity (Wildman–Crippen MR) is 133 cm³/mol. The van der Waals surface area contributed by atoms with Gasteiger partial charge in [-0.1, -0.05) is 61.9 Å². The normalized spacial score (nSPS) is 11.4. The number of hydrogen-bond acceptors (Lipinski definition) is 6. The Balaban J connectivity index is 1.55. The van der Waals surface area contributed by atoms with Crippen molar-refractivity contribution >= 4 is 11.2 Å². The number of hydrogen-bond donors (Lipinski definition) is 1. The molecule has 1 N–H and O–H groups in total. The van der Waals surface area contributed by atoms with Crippen molar-refractivity contribution in [3.8, 4) is 22.5 Å². The number of imidazole rings is 1. The third-order valence-electron chi connectivity index (χ3n) is 6.30. The Hall–Kier alpha value is -4.34. The summed E-state index contributed by atoms with van der Waals surface area (Å²) in [4.78, 5) is 30.2. The summed E-state index contributed by atoms with van der Waals surface area (Å²) in [5, 5.41) is 14.4. The van der Waals surface area contributed by atoms with Gasteiger partial charge in [-0.2, -0.15) is 5.21 Å². The lowest BCUT2D eigenvalue weighted by Crippen LogP contribution is -2.37. The van der Waals surface area contributed by atoms with Crippen molar-refractivity contribution in [1.29, 1.82) is 0 Å². The molecule has 0 saturated carbocycles. The first kappa shape index (κ1) is 22.5. The first-order valence-electron chi connectivity index (χ1n) is 11.6. The molecule has 0 radical (unpaired) electrons. The zero-order valence-electron chi connectivity index (χ0n) is 19.9.